The van der Waals surface area contributed by atoms with Crippen LogP contribution in [0.1, 0.15) is 24.2 Å². The van der Waals surface area contributed by atoms with Crippen molar-refractivity contribution in [3.05, 3.63) is 11.3 Å². The molecule has 1 aliphatic rings. The first-order chi connectivity index (χ1) is 5.42. The molecule has 0 atom stereocenters. The van der Waals surface area contributed by atoms with Crippen molar-refractivity contribution in [3.8, 4) is 5.88 Å². The first kappa shape index (κ1) is 6.70. The minimum Gasteiger partial charge on any atom is -0.479 e. The van der Waals surface area contributed by atoms with E-state index in [1.807, 2.05) is 0 Å². The molecule has 0 aromatic carbocycles. The maximum Gasteiger partial charge on any atom is 0.257 e. The third kappa shape index (κ3) is 1.00. The molecule has 0 unspecified atom stereocenters. The molecule has 1 aliphatic carbocycles. The van der Waals surface area contributed by atoms with Gasteiger partial charge in [-0.3, -0.25) is 0 Å². The highest BCUT2D eigenvalue weighted by Crippen LogP contribution is 2.28. The van der Waals surface area contributed by atoms with Crippen LogP contribution in [0.25, 0.3) is 0 Å². The quantitative estimate of drug-likeness (QED) is 0.614. The van der Waals surface area contributed by atoms with Crippen LogP contribution in [0.4, 0.5) is 0 Å². The third-order valence-corrected chi connectivity index (χ3v) is 2.11. The molecule has 2 rings (SSSR count). The summed E-state index contributed by atoms with van der Waals surface area (Å²) in [4.78, 5) is 0. The van der Waals surface area contributed by atoms with Gasteiger partial charge in [0.2, 0.25) is 0 Å². The van der Waals surface area contributed by atoms with E-state index < -0.39 is 0 Å². The summed E-state index contributed by atoms with van der Waals surface area (Å²) in [5.41, 5.74) is 1.18. The van der Waals surface area contributed by atoms with Gasteiger partial charge >= 0.3 is 0 Å². The fourth-order valence-electron chi connectivity index (χ4n) is 1.52. The van der Waals surface area contributed by atoms with Crippen LogP contribution in [-0.2, 0) is 12.8 Å². The summed E-state index contributed by atoms with van der Waals surface area (Å²) in [6.45, 7) is 0. The largest absolute Gasteiger partial charge is 0.479 e. The number of hydrogen-bond donors (Lipinski definition) is 0. The van der Waals surface area contributed by atoms with Gasteiger partial charge in [-0.1, -0.05) is 0 Å². The van der Waals surface area contributed by atoms with E-state index in [4.69, 9.17) is 9.26 Å². The Bertz CT molecular complexity index is 241. The van der Waals surface area contributed by atoms with Crippen LogP contribution < -0.4 is 4.74 Å². The van der Waals surface area contributed by atoms with Gasteiger partial charge in [-0.2, -0.15) is 0 Å². The average Bonchev–Trinajstić information content (AvgIpc) is 2.47. The number of aryl methyl sites for hydroxylation is 1. The summed E-state index contributed by atoms with van der Waals surface area (Å²) in [5.74, 6) is 1.70. The van der Waals surface area contributed by atoms with Crippen molar-refractivity contribution in [2.75, 3.05) is 7.11 Å². The number of ether oxygens (including phenoxy) is 1. The fraction of sp³-hybridized carbons (Fsp3) is 0.625. The highest BCUT2D eigenvalue weighted by Gasteiger charge is 2.19. The molecular weight excluding hydrogens is 142 g/mol. The molecule has 3 nitrogen and oxygen atoms in total. The Morgan fingerprint density at radius 1 is 1.36 bits per heavy atom. The van der Waals surface area contributed by atoms with Crippen LogP contribution in [0, 0.1) is 0 Å². The van der Waals surface area contributed by atoms with Crippen molar-refractivity contribution in [2.24, 2.45) is 0 Å². The predicted molar refractivity (Wildman–Crippen MR) is 39.7 cm³/mol. The molecule has 1 aromatic heterocycles. The standard InChI is InChI=1S/C8H11NO2/c1-10-8-6-4-2-3-5-7(6)11-9-8/h2-5H2,1H3. The van der Waals surface area contributed by atoms with Crippen molar-refractivity contribution in [1.82, 2.24) is 5.16 Å². The molecule has 0 bridgehead atoms. The number of fused-ring (bicyclic) bond motifs is 1. The zero-order valence-electron chi connectivity index (χ0n) is 6.59. The molecule has 11 heavy (non-hydrogen) atoms. The Kier molecular flexibility index (Phi) is 1.56. The maximum absolute atomic E-state index is 5.10. The lowest BCUT2D eigenvalue weighted by Crippen LogP contribution is -2.00. The number of hydrogen-bond acceptors (Lipinski definition) is 3. The Morgan fingerprint density at radius 2 is 2.18 bits per heavy atom. The van der Waals surface area contributed by atoms with Gasteiger partial charge in [-0.05, 0) is 24.4 Å². The van der Waals surface area contributed by atoms with E-state index in [1.54, 1.807) is 7.11 Å². The summed E-state index contributed by atoms with van der Waals surface area (Å²) in [6, 6.07) is 0. The van der Waals surface area contributed by atoms with Crippen molar-refractivity contribution in [2.45, 2.75) is 25.7 Å². The van der Waals surface area contributed by atoms with E-state index in [0.717, 1.165) is 18.6 Å². The second kappa shape index (κ2) is 2.57. The first-order valence-corrected chi connectivity index (χ1v) is 3.93. The molecule has 0 fully saturated rings. The van der Waals surface area contributed by atoms with E-state index in [1.165, 1.54) is 18.4 Å². The monoisotopic (exact) mass is 153 g/mol. The van der Waals surface area contributed by atoms with Crippen LogP contribution in [-0.4, -0.2) is 12.3 Å². The van der Waals surface area contributed by atoms with Crippen molar-refractivity contribution >= 4 is 0 Å². The average molecular weight is 153 g/mol. The molecule has 0 amide bonds. The van der Waals surface area contributed by atoms with Gasteiger partial charge in [0.25, 0.3) is 5.88 Å². The first-order valence-electron chi connectivity index (χ1n) is 3.93. The van der Waals surface area contributed by atoms with E-state index in [0.29, 0.717) is 5.88 Å². The number of nitrogens with zero attached hydrogens (tertiary/aromatic N) is 1. The highest BCUT2D eigenvalue weighted by atomic mass is 16.5. The summed E-state index contributed by atoms with van der Waals surface area (Å²) < 4.78 is 10.2. The lowest BCUT2D eigenvalue weighted by Gasteiger charge is -2.07. The molecule has 1 aromatic rings. The Labute approximate surface area is 65.3 Å². The van der Waals surface area contributed by atoms with Gasteiger partial charge in [0.15, 0.2) is 0 Å². The SMILES string of the molecule is COc1noc2c1CCCC2. The Hall–Kier alpha value is -0.990. The number of rotatable bonds is 1. The maximum atomic E-state index is 5.10. The summed E-state index contributed by atoms with van der Waals surface area (Å²) in [5, 5.41) is 3.82. The molecule has 60 valence electrons. The van der Waals surface area contributed by atoms with E-state index in [-0.39, 0.29) is 0 Å². The van der Waals surface area contributed by atoms with Gasteiger partial charge in [0.05, 0.1) is 12.7 Å². The zero-order chi connectivity index (χ0) is 7.68. The second-order valence-corrected chi connectivity index (χ2v) is 2.80. The van der Waals surface area contributed by atoms with Gasteiger partial charge < -0.3 is 9.26 Å². The summed E-state index contributed by atoms with van der Waals surface area (Å²) in [7, 11) is 1.63. The van der Waals surface area contributed by atoms with Crippen LogP contribution in [0.3, 0.4) is 0 Å². The van der Waals surface area contributed by atoms with Gasteiger partial charge in [0.1, 0.15) is 5.76 Å². The van der Waals surface area contributed by atoms with Crippen LogP contribution >= 0.6 is 0 Å². The van der Waals surface area contributed by atoms with Gasteiger partial charge in [0, 0.05) is 6.42 Å². The topological polar surface area (TPSA) is 35.3 Å². The van der Waals surface area contributed by atoms with Crippen molar-refractivity contribution in [3.63, 3.8) is 0 Å². The van der Waals surface area contributed by atoms with Crippen LogP contribution in [0.2, 0.25) is 0 Å². The van der Waals surface area contributed by atoms with E-state index in [2.05, 4.69) is 5.16 Å². The Morgan fingerprint density at radius 3 is 3.00 bits per heavy atom. The lowest BCUT2D eigenvalue weighted by atomic mass is 9.99. The number of aromatic nitrogens is 1. The molecule has 1 heterocycles. The van der Waals surface area contributed by atoms with Crippen LogP contribution in [0.15, 0.2) is 4.52 Å². The van der Waals surface area contributed by atoms with Gasteiger partial charge in [-0.25, -0.2) is 0 Å². The third-order valence-electron chi connectivity index (χ3n) is 2.11. The predicted octanol–water partition coefficient (Wildman–Crippen LogP) is 1.56. The van der Waals surface area contributed by atoms with Crippen molar-refractivity contribution < 1.29 is 9.26 Å². The van der Waals surface area contributed by atoms with E-state index >= 15 is 0 Å². The molecule has 0 N–H and O–H groups in total. The summed E-state index contributed by atoms with van der Waals surface area (Å²) in [6.07, 6.45) is 4.52. The van der Waals surface area contributed by atoms with E-state index in [9.17, 15) is 0 Å². The molecule has 0 saturated heterocycles. The second-order valence-electron chi connectivity index (χ2n) is 2.80. The fourth-order valence-corrected chi connectivity index (χ4v) is 1.52. The number of methoxy groups -OCH3 is 1. The lowest BCUT2D eigenvalue weighted by molar-refractivity contribution is 0.326. The minimum absolute atomic E-state index is 0.680. The molecule has 0 aliphatic heterocycles. The molecule has 0 saturated carbocycles. The van der Waals surface area contributed by atoms with Gasteiger partial charge in [-0.15, -0.1) is 0 Å². The van der Waals surface area contributed by atoms with Crippen LogP contribution in [0.5, 0.6) is 5.88 Å². The molecule has 3 heteroatoms. The highest BCUT2D eigenvalue weighted by molar-refractivity contribution is 5.29. The molecule has 0 spiro atoms. The molecular formula is C8H11NO2. The smallest absolute Gasteiger partial charge is 0.257 e. The summed E-state index contributed by atoms with van der Waals surface area (Å²) >= 11 is 0. The molecule has 0 radical (unpaired) electrons. The van der Waals surface area contributed by atoms with Crippen molar-refractivity contribution in [1.29, 1.82) is 0 Å². The normalized spacial score (nSPS) is 16.1. The Balaban J connectivity index is 2.38. The minimum atomic E-state index is 0.680. The zero-order valence-corrected chi connectivity index (χ0v) is 6.59.